The fraction of sp³-hybridized carbons (Fsp3) is 0.214. The zero-order valence-electron chi connectivity index (χ0n) is 11.7. The van der Waals surface area contributed by atoms with E-state index in [1.165, 1.54) is 6.33 Å². The average molecular weight is 305 g/mol. The first-order valence-electron chi connectivity index (χ1n) is 6.57. The Bertz CT molecular complexity index is 766. The molecule has 22 heavy (non-hydrogen) atoms. The van der Waals surface area contributed by atoms with Gasteiger partial charge in [0.15, 0.2) is 11.6 Å². The molecule has 0 aliphatic heterocycles. The van der Waals surface area contributed by atoms with Gasteiger partial charge >= 0.3 is 0 Å². The van der Waals surface area contributed by atoms with Gasteiger partial charge in [0.1, 0.15) is 18.0 Å². The van der Waals surface area contributed by atoms with E-state index in [0.717, 1.165) is 12.1 Å². The first-order chi connectivity index (χ1) is 10.7. The molecular weight excluding hydrogens is 292 g/mol. The van der Waals surface area contributed by atoms with Crippen molar-refractivity contribution in [3.05, 3.63) is 36.3 Å². The Morgan fingerprint density at radius 2 is 2.09 bits per heavy atom. The second-order valence-corrected chi connectivity index (χ2v) is 4.57. The number of H-pyrrole nitrogens is 1. The molecular formula is C14H13F2N5O. The third kappa shape index (κ3) is 2.73. The van der Waals surface area contributed by atoms with Crippen LogP contribution in [-0.2, 0) is 4.74 Å². The Hall–Kier alpha value is -2.61. The number of hydrogen-bond donors (Lipinski definition) is 2. The molecule has 0 radical (unpaired) electrons. The number of ether oxygens (including phenoxy) is 1. The normalized spacial score (nSPS) is 11.0. The van der Waals surface area contributed by atoms with E-state index in [0.29, 0.717) is 41.4 Å². The molecule has 0 aliphatic carbocycles. The van der Waals surface area contributed by atoms with Gasteiger partial charge in [0.2, 0.25) is 0 Å². The molecule has 2 N–H and O–H groups in total. The van der Waals surface area contributed by atoms with Crippen molar-refractivity contribution in [1.29, 1.82) is 0 Å². The van der Waals surface area contributed by atoms with Crippen LogP contribution >= 0.6 is 0 Å². The molecule has 0 saturated carbocycles. The van der Waals surface area contributed by atoms with Crippen molar-refractivity contribution in [2.75, 3.05) is 25.6 Å². The van der Waals surface area contributed by atoms with E-state index in [2.05, 4.69) is 25.3 Å². The van der Waals surface area contributed by atoms with Gasteiger partial charge in [-0.2, -0.15) is 0 Å². The molecule has 3 aromatic rings. The summed E-state index contributed by atoms with van der Waals surface area (Å²) in [6.07, 6.45) is 2.98. The number of aromatic nitrogens is 4. The SMILES string of the molecule is COCCNc1ncncc1-c1nc2cc(F)c(F)cc2[nH]1. The highest BCUT2D eigenvalue weighted by Crippen LogP contribution is 2.26. The lowest BCUT2D eigenvalue weighted by molar-refractivity contribution is 0.210. The van der Waals surface area contributed by atoms with E-state index in [1.54, 1.807) is 13.3 Å². The Morgan fingerprint density at radius 1 is 1.27 bits per heavy atom. The highest BCUT2D eigenvalue weighted by Gasteiger charge is 2.13. The van der Waals surface area contributed by atoms with Gasteiger partial charge < -0.3 is 15.0 Å². The van der Waals surface area contributed by atoms with E-state index in [4.69, 9.17) is 4.74 Å². The third-order valence-corrected chi connectivity index (χ3v) is 3.09. The predicted molar refractivity (Wildman–Crippen MR) is 77.4 cm³/mol. The number of aromatic amines is 1. The molecule has 2 heterocycles. The summed E-state index contributed by atoms with van der Waals surface area (Å²) in [7, 11) is 1.60. The van der Waals surface area contributed by atoms with Crippen molar-refractivity contribution in [3.63, 3.8) is 0 Å². The fourth-order valence-corrected chi connectivity index (χ4v) is 2.05. The van der Waals surface area contributed by atoms with Crippen LogP contribution in [-0.4, -0.2) is 40.2 Å². The van der Waals surface area contributed by atoms with Crippen molar-refractivity contribution >= 4 is 16.9 Å². The predicted octanol–water partition coefficient (Wildman–Crippen LogP) is 2.36. The Balaban J connectivity index is 2.00. The Labute approximate surface area is 124 Å². The van der Waals surface area contributed by atoms with Crippen LogP contribution in [0, 0.1) is 11.6 Å². The van der Waals surface area contributed by atoms with Crippen molar-refractivity contribution in [3.8, 4) is 11.4 Å². The lowest BCUT2D eigenvalue weighted by Gasteiger charge is -2.07. The second-order valence-electron chi connectivity index (χ2n) is 4.57. The molecule has 2 aromatic heterocycles. The number of rotatable bonds is 5. The molecule has 0 bridgehead atoms. The smallest absolute Gasteiger partial charge is 0.161 e. The molecule has 3 rings (SSSR count). The number of halogens is 2. The number of nitrogens with one attached hydrogen (secondary N) is 2. The molecule has 0 aliphatic rings. The standard InChI is InChI=1S/C14H13F2N5O/c1-22-3-2-18-13-8(6-17-7-19-13)14-20-11-4-9(15)10(16)5-12(11)21-14/h4-7H,2-3H2,1H3,(H,20,21)(H,17,18,19). The zero-order chi connectivity index (χ0) is 15.5. The van der Waals surface area contributed by atoms with Gasteiger partial charge in [0.05, 0.1) is 23.2 Å². The number of methoxy groups -OCH3 is 1. The largest absolute Gasteiger partial charge is 0.383 e. The average Bonchev–Trinajstić information content (AvgIpc) is 2.91. The zero-order valence-corrected chi connectivity index (χ0v) is 11.7. The molecule has 0 amide bonds. The minimum Gasteiger partial charge on any atom is -0.383 e. The van der Waals surface area contributed by atoms with E-state index in [1.807, 2.05) is 0 Å². The second kappa shape index (κ2) is 6.02. The van der Waals surface area contributed by atoms with Crippen molar-refractivity contribution in [2.45, 2.75) is 0 Å². The van der Waals surface area contributed by atoms with Crippen LogP contribution in [0.15, 0.2) is 24.7 Å². The number of benzene rings is 1. The molecule has 0 fully saturated rings. The van der Waals surface area contributed by atoms with Gasteiger partial charge in [-0.05, 0) is 0 Å². The summed E-state index contributed by atoms with van der Waals surface area (Å²) in [5.74, 6) is -0.869. The molecule has 114 valence electrons. The highest BCUT2D eigenvalue weighted by atomic mass is 19.2. The molecule has 6 nitrogen and oxygen atoms in total. The molecule has 0 atom stereocenters. The van der Waals surface area contributed by atoms with Crippen LogP contribution in [0.3, 0.4) is 0 Å². The molecule has 1 aromatic carbocycles. The summed E-state index contributed by atoms with van der Waals surface area (Å²) in [4.78, 5) is 15.3. The van der Waals surface area contributed by atoms with Crippen LogP contribution in [0.5, 0.6) is 0 Å². The third-order valence-electron chi connectivity index (χ3n) is 3.09. The van der Waals surface area contributed by atoms with Gasteiger partial charge in [-0.1, -0.05) is 0 Å². The molecule has 0 unspecified atom stereocenters. The van der Waals surface area contributed by atoms with E-state index in [9.17, 15) is 8.78 Å². The maximum absolute atomic E-state index is 13.3. The maximum atomic E-state index is 13.3. The summed E-state index contributed by atoms with van der Waals surface area (Å²) < 4.78 is 31.5. The number of anilines is 1. The van der Waals surface area contributed by atoms with Crippen molar-refractivity contribution in [1.82, 2.24) is 19.9 Å². The quantitative estimate of drug-likeness (QED) is 0.708. The maximum Gasteiger partial charge on any atom is 0.161 e. The van der Waals surface area contributed by atoms with Gasteiger partial charge in [0, 0.05) is 32.0 Å². The molecule has 0 spiro atoms. The summed E-state index contributed by atoms with van der Waals surface area (Å²) in [5, 5.41) is 3.10. The van der Waals surface area contributed by atoms with Crippen LogP contribution < -0.4 is 5.32 Å². The monoisotopic (exact) mass is 305 g/mol. The van der Waals surface area contributed by atoms with Crippen molar-refractivity contribution in [2.24, 2.45) is 0 Å². The summed E-state index contributed by atoms with van der Waals surface area (Å²) in [6, 6.07) is 2.12. The van der Waals surface area contributed by atoms with Gasteiger partial charge in [0.25, 0.3) is 0 Å². The Kier molecular flexibility index (Phi) is 3.92. The van der Waals surface area contributed by atoms with Crippen LogP contribution in [0.1, 0.15) is 0 Å². The van der Waals surface area contributed by atoms with Crippen LogP contribution in [0.2, 0.25) is 0 Å². The first kappa shape index (κ1) is 14.3. The fourth-order valence-electron chi connectivity index (χ4n) is 2.05. The summed E-state index contributed by atoms with van der Waals surface area (Å²) in [6.45, 7) is 1.07. The van der Waals surface area contributed by atoms with E-state index in [-0.39, 0.29) is 0 Å². The van der Waals surface area contributed by atoms with Gasteiger partial charge in [-0.15, -0.1) is 0 Å². The van der Waals surface area contributed by atoms with Gasteiger partial charge in [-0.3, -0.25) is 0 Å². The molecule has 8 heteroatoms. The number of fused-ring (bicyclic) bond motifs is 1. The first-order valence-corrected chi connectivity index (χ1v) is 6.57. The Morgan fingerprint density at radius 3 is 2.91 bits per heavy atom. The lowest BCUT2D eigenvalue weighted by Crippen LogP contribution is -2.10. The summed E-state index contributed by atoms with van der Waals surface area (Å²) in [5.41, 5.74) is 1.34. The minimum atomic E-state index is -0.937. The lowest BCUT2D eigenvalue weighted by atomic mass is 10.3. The van der Waals surface area contributed by atoms with Crippen LogP contribution in [0.25, 0.3) is 22.4 Å². The van der Waals surface area contributed by atoms with Gasteiger partial charge in [-0.25, -0.2) is 23.7 Å². The molecule has 0 saturated heterocycles. The number of imidazole rings is 1. The topological polar surface area (TPSA) is 75.7 Å². The van der Waals surface area contributed by atoms with E-state index < -0.39 is 11.6 Å². The van der Waals surface area contributed by atoms with Crippen molar-refractivity contribution < 1.29 is 13.5 Å². The number of hydrogen-bond acceptors (Lipinski definition) is 5. The summed E-state index contributed by atoms with van der Waals surface area (Å²) >= 11 is 0. The number of nitrogens with zero attached hydrogens (tertiary/aromatic N) is 3. The minimum absolute atomic E-state index is 0.334. The van der Waals surface area contributed by atoms with Crippen LogP contribution in [0.4, 0.5) is 14.6 Å². The highest BCUT2D eigenvalue weighted by molar-refractivity contribution is 5.81. The van der Waals surface area contributed by atoms with E-state index >= 15 is 0 Å².